The molecule has 1 aliphatic heterocycles. The van der Waals surface area contributed by atoms with E-state index in [0.29, 0.717) is 18.8 Å². The second-order valence-corrected chi connectivity index (χ2v) is 5.08. The highest BCUT2D eigenvalue weighted by molar-refractivity contribution is 8.13. The molecule has 2 rings (SSSR count). The zero-order chi connectivity index (χ0) is 13.0. The minimum Gasteiger partial charge on any atom is -0.332 e. The number of anilines is 1. The molecule has 1 saturated heterocycles. The van der Waals surface area contributed by atoms with Crippen molar-refractivity contribution in [2.45, 2.75) is 19.8 Å². The first-order valence-corrected chi connectivity index (χ1v) is 6.93. The number of amides is 2. The van der Waals surface area contributed by atoms with Gasteiger partial charge in [-0.3, -0.25) is 14.7 Å². The molecular formula is C11H16N4O2S. The summed E-state index contributed by atoms with van der Waals surface area (Å²) in [4.78, 5) is 24.7. The molecule has 1 fully saturated rings. The molecule has 2 amide bonds. The first-order valence-electron chi connectivity index (χ1n) is 5.95. The van der Waals surface area contributed by atoms with Crippen LogP contribution in [0.25, 0.3) is 0 Å². The van der Waals surface area contributed by atoms with Crippen LogP contribution in [0.5, 0.6) is 0 Å². The quantitative estimate of drug-likeness (QED) is 0.847. The highest BCUT2D eigenvalue weighted by Crippen LogP contribution is 2.17. The molecule has 0 aromatic carbocycles. The van der Waals surface area contributed by atoms with Crippen LogP contribution in [0.4, 0.5) is 10.6 Å². The largest absolute Gasteiger partial charge is 0.332 e. The number of aromatic amines is 1. The molecule has 6 nitrogen and oxygen atoms in total. The standard InChI is InChI=1S/C11H16N4O2S/c1-2-8-7-9(14-13-8)12-10(16)3-4-15-5-6-18-11(15)17/h7H,2-6H2,1H3,(H2,12,13,14,16). The molecule has 18 heavy (non-hydrogen) atoms. The van der Waals surface area contributed by atoms with E-state index in [4.69, 9.17) is 0 Å². The maximum Gasteiger partial charge on any atom is 0.281 e. The lowest BCUT2D eigenvalue weighted by molar-refractivity contribution is -0.116. The predicted molar refractivity (Wildman–Crippen MR) is 70.6 cm³/mol. The summed E-state index contributed by atoms with van der Waals surface area (Å²) in [6.45, 7) is 3.22. The SMILES string of the molecule is CCc1cc(NC(=O)CCN2CCSC2=O)n[nH]1. The summed E-state index contributed by atoms with van der Waals surface area (Å²) in [5.41, 5.74) is 0.983. The second kappa shape index (κ2) is 5.90. The second-order valence-electron chi connectivity index (χ2n) is 4.03. The molecule has 0 atom stereocenters. The number of hydrogen-bond donors (Lipinski definition) is 2. The van der Waals surface area contributed by atoms with Crippen molar-refractivity contribution >= 4 is 28.7 Å². The van der Waals surface area contributed by atoms with Gasteiger partial charge in [-0.1, -0.05) is 18.7 Å². The van der Waals surface area contributed by atoms with E-state index in [1.54, 1.807) is 4.90 Å². The average molecular weight is 268 g/mol. The summed E-state index contributed by atoms with van der Waals surface area (Å²) in [6, 6.07) is 1.81. The molecule has 1 aliphatic rings. The van der Waals surface area contributed by atoms with Crippen LogP contribution in [-0.4, -0.2) is 45.1 Å². The molecule has 0 spiro atoms. The van der Waals surface area contributed by atoms with Crippen LogP contribution in [0, 0.1) is 0 Å². The summed E-state index contributed by atoms with van der Waals surface area (Å²) < 4.78 is 0. The number of carbonyl (C=O) groups excluding carboxylic acids is 2. The lowest BCUT2D eigenvalue weighted by atomic mass is 10.3. The third-order valence-corrected chi connectivity index (χ3v) is 3.62. The Morgan fingerprint density at radius 2 is 2.50 bits per heavy atom. The van der Waals surface area contributed by atoms with Crippen molar-refractivity contribution in [3.63, 3.8) is 0 Å². The maximum absolute atomic E-state index is 11.7. The Morgan fingerprint density at radius 3 is 3.11 bits per heavy atom. The van der Waals surface area contributed by atoms with Crippen LogP contribution < -0.4 is 5.32 Å². The Bertz CT molecular complexity index is 446. The molecule has 0 bridgehead atoms. The van der Waals surface area contributed by atoms with Gasteiger partial charge in [-0.05, 0) is 6.42 Å². The number of nitrogens with one attached hydrogen (secondary N) is 2. The number of thioether (sulfide) groups is 1. The molecule has 0 aliphatic carbocycles. The Balaban J connectivity index is 1.76. The first-order chi connectivity index (χ1) is 8.69. The summed E-state index contributed by atoms with van der Waals surface area (Å²) in [5.74, 6) is 1.24. The van der Waals surface area contributed by atoms with Gasteiger partial charge in [0, 0.05) is 37.0 Å². The third kappa shape index (κ3) is 3.25. The van der Waals surface area contributed by atoms with Gasteiger partial charge >= 0.3 is 0 Å². The van der Waals surface area contributed by atoms with Gasteiger partial charge in [-0.15, -0.1) is 0 Å². The first kappa shape index (κ1) is 12.9. The van der Waals surface area contributed by atoms with Gasteiger partial charge in [0.15, 0.2) is 5.82 Å². The van der Waals surface area contributed by atoms with Crippen molar-refractivity contribution in [1.29, 1.82) is 0 Å². The molecule has 7 heteroatoms. The van der Waals surface area contributed by atoms with Crippen LogP contribution in [0.1, 0.15) is 19.0 Å². The van der Waals surface area contributed by atoms with Crippen LogP contribution >= 0.6 is 11.8 Å². The zero-order valence-electron chi connectivity index (χ0n) is 10.2. The lowest BCUT2D eigenvalue weighted by Crippen LogP contribution is -2.27. The molecule has 98 valence electrons. The van der Waals surface area contributed by atoms with Gasteiger partial charge in [0.2, 0.25) is 5.91 Å². The zero-order valence-corrected chi connectivity index (χ0v) is 11.0. The molecular weight excluding hydrogens is 252 g/mol. The molecule has 0 unspecified atom stereocenters. The molecule has 2 N–H and O–H groups in total. The monoisotopic (exact) mass is 268 g/mol. The summed E-state index contributed by atoms with van der Waals surface area (Å²) in [7, 11) is 0. The van der Waals surface area contributed by atoms with E-state index < -0.39 is 0 Å². The van der Waals surface area contributed by atoms with Crippen LogP contribution in [0.2, 0.25) is 0 Å². The van der Waals surface area contributed by atoms with Gasteiger partial charge in [0.25, 0.3) is 5.24 Å². The summed E-state index contributed by atoms with van der Waals surface area (Å²) in [6.07, 6.45) is 1.16. The van der Waals surface area contributed by atoms with Crippen molar-refractivity contribution in [2.75, 3.05) is 24.2 Å². The van der Waals surface area contributed by atoms with E-state index in [1.165, 1.54) is 11.8 Å². The van der Waals surface area contributed by atoms with Crippen LogP contribution in [0.15, 0.2) is 6.07 Å². The van der Waals surface area contributed by atoms with Crippen molar-refractivity contribution in [3.8, 4) is 0 Å². The molecule has 2 heterocycles. The highest BCUT2D eigenvalue weighted by atomic mass is 32.2. The fourth-order valence-corrected chi connectivity index (χ4v) is 2.53. The number of hydrogen-bond acceptors (Lipinski definition) is 4. The van der Waals surface area contributed by atoms with Crippen molar-refractivity contribution in [3.05, 3.63) is 11.8 Å². The Hall–Kier alpha value is -1.50. The van der Waals surface area contributed by atoms with Crippen molar-refractivity contribution in [1.82, 2.24) is 15.1 Å². The fourth-order valence-electron chi connectivity index (χ4n) is 1.68. The number of H-pyrrole nitrogens is 1. The Labute approximate surface area is 109 Å². The maximum atomic E-state index is 11.7. The lowest BCUT2D eigenvalue weighted by Gasteiger charge is -2.13. The average Bonchev–Trinajstić information content (AvgIpc) is 2.96. The van der Waals surface area contributed by atoms with E-state index in [9.17, 15) is 9.59 Å². The van der Waals surface area contributed by atoms with E-state index in [2.05, 4.69) is 15.5 Å². The normalized spacial score (nSPS) is 15.2. The molecule has 1 aromatic rings. The number of carbonyl (C=O) groups is 2. The van der Waals surface area contributed by atoms with Crippen LogP contribution in [0.3, 0.4) is 0 Å². The number of nitrogens with zero attached hydrogens (tertiary/aromatic N) is 2. The minimum absolute atomic E-state index is 0.0656. The Morgan fingerprint density at radius 1 is 1.67 bits per heavy atom. The summed E-state index contributed by atoms with van der Waals surface area (Å²) >= 11 is 1.31. The van der Waals surface area contributed by atoms with Crippen molar-refractivity contribution in [2.24, 2.45) is 0 Å². The number of aryl methyl sites for hydroxylation is 1. The van der Waals surface area contributed by atoms with Gasteiger partial charge in [0.05, 0.1) is 0 Å². The summed E-state index contributed by atoms with van der Waals surface area (Å²) in [5, 5.41) is 9.59. The van der Waals surface area contributed by atoms with Gasteiger partial charge in [-0.25, -0.2) is 0 Å². The van der Waals surface area contributed by atoms with Gasteiger partial charge in [-0.2, -0.15) is 5.10 Å². The topological polar surface area (TPSA) is 78.1 Å². The molecule has 0 radical (unpaired) electrons. The number of rotatable bonds is 5. The van der Waals surface area contributed by atoms with E-state index in [1.807, 2.05) is 13.0 Å². The Kier molecular flexibility index (Phi) is 4.24. The molecule has 0 saturated carbocycles. The third-order valence-electron chi connectivity index (χ3n) is 2.73. The minimum atomic E-state index is -0.117. The smallest absolute Gasteiger partial charge is 0.281 e. The van der Waals surface area contributed by atoms with E-state index >= 15 is 0 Å². The highest BCUT2D eigenvalue weighted by Gasteiger charge is 2.21. The van der Waals surface area contributed by atoms with E-state index in [-0.39, 0.29) is 11.1 Å². The van der Waals surface area contributed by atoms with Crippen LogP contribution in [-0.2, 0) is 11.2 Å². The molecule has 1 aromatic heterocycles. The van der Waals surface area contributed by atoms with Gasteiger partial charge < -0.3 is 10.2 Å². The predicted octanol–water partition coefficient (Wildman–Crippen LogP) is 1.47. The number of aromatic nitrogens is 2. The van der Waals surface area contributed by atoms with Gasteiger partial charge in [0.1, 0.15) is 0 Å². The van der Waals surface area contributed by atoms with Crippen molar-refractivity contribution < 1.29 is 9.59 Å². The van der Waals surface area contributed by atoms with E-state index in [0.717, 1.165) is 24.4 Å². The fraction of sp³-hybridized carbons (Fsp3) is 0.545.